The van der Waals surface area contributed by atoms with E-state index in [9.17, 15) is 17.6 Å². The van der Waals surface area contributed by atoms with E-state index in [2.05, 4.69) is 15.9 Å². The molecule has 0 N–H and O–H groups in total. The van der Waals surface area contributed by atoms with Crippen molar-refractivity contribution in [3.8, 4) is 0 Å². The lowest BCUT2D eigenvalue weighted by Gasteiger charge is -2.37. The summed E-state index contributed by atoms with van der Waals surface area (Å²) in [7, 11) is -3.98. The van der Waals surface area contributed by atoms with Crippen LogP contribution in [0.15, 0.2) is 82.2 Å². The van der Waals surface area contributed by atoms with Crippen LogP contribution in [0.25, 0.3) is 0 Å². The summed E-state index contributed by atoms with van der Waals surface area (Å²) in [6.45, 7) is 1.27. The van der Waals surface area contributed by atoms with Crippen molar-refractivity contribution in [3.05, 3.63) is 93.7 Å². The predicted octanol–water partition coefficient (Wildman–Crippen LogP) is 4.78. The van der Waals surface area contributed by atoms with Crippen LogP contribution in [-0.4, -0.2) is 56.3 Å². The normalized spacial score (nSPS) is 14.4. The second kappa shape index (κ2) is 11.1. The summed E-state index contributed by atoms with van der Waals surface area (Å²) >= 11 is 9.62. The molecule has 0 spiro atoms. The Morgan fingerprint density at radius 3 is 2.23 bits per heavy atom. The van der Waals surface area contributed by atoms with E-state index in [4.69, 9.17) is 11.6 Å². The van der Waals surface area contributed by atoms with Gasteiger partial charge in [0.1, 0.15) is 5.82 Å². The van der Waals surface area contributed by atoms with E-state index >= 15 is 0 Å². The first-order chi connectivity index (χ1) is 16.8. The van der Waals surface area contributed by atoms with Crippen LogP contribution in [0, 0.1) is 5.82 Å². The third-order valence-corrected chi connectivity index (χ3v) is 8.60. The largest absolute Gasteiger partial charge is 0.366 e. The Hall–Kier alpha value is -2.46. The SMILES string of the molecule is O=C(CN(Cc1ccccc1Cl)S(=O)(=O)c1ccc(Br)cc1)N1CCN(c2ccccc2F)CC1. The van der Waals surface area contributed by atoms with E-state index < -0.39 is 10.0 Å². The van der Waals surface area contributed by atoms with Crippen LogP contribution in [0.4, 0.5) is 10.1 Å². The van der Waals surface area contributed by atoms with Crippen LogP contribution in [0.5, 0.6) is 0 Å². The van der Waals surface area contributed by atoms with Gasteiger partial charge in [-0.15, -0.1) is 0 Å². The number of amides is 1. The molecule has 10 heteroatoms. The standard InChI is InChI=1S/C25H24BrClFN3O3S/c26-20-9-11-21(12-10-20)35(33,34)31(17-19-5-1-2-6-22(19)27)18-25(32)30-15-13-29(14-16-30)24-8-4-3-7-23(24)28/h1-12H,13-18H2. The van der Waals surface area contributed by atoms with Crippen molar-refractivity contribution >= 4 is 49.1 Å². The summed E-state index contributed by atoms with van der Waals surface area (Å²) in [4.78, 5) is 16.8. The molecule has 6 nitrogen and oxygen atoms in total. The fourth-order valence-electron chi connectivity index (χ4n) is 3.95. The first kappa shape index (κ1) is 25.6. The van der Waals surface area contributed by atoms with E-state index in [1.54, 1.807) is 59.5 Å². The molecule has 0 bridgehead atoms. The molecule has 3 aromatic carbocycles. The molecule has 1 fully saturated rings. The maximum absolute atomic E-state index is 14.1. The first-order valence-electron chi connectivity index (χ1n) is 11.0. The number of nitrogens with zero attached hydrogens (tertiary/aromatic N) is 3. The number of benzene rings is 3. The molecular weight excluding hydrogens is 557 g/mol. The Kier molecular flexibility index (Phi) is 8.11. The molecule has 184 valence electrons. The molecule has 1 amide bonds. The van der Waals surface area contributed by atoms with Gasteiger partial charge in [-0.3, -0.25) is 4.79 Å². The molecule has 1 heterocycles. The molecule has 0 saturated carbocycles. The van der Waals surface area contributed by atoms with Crippen molar-refractivity contribution in [2.75, 3.05) is 37.6 Å². The number of hydrogen-bond donors (Lipinski definition) is 0. The van der Waals surface area contributed by atoms with E-state index in [0.29, 0.717) is 42.5 Å². The van der Waals surface area contributed by atoms with Gasteiger partial charge in [0.15, 0.2) is 0 Å². The highest BCUT2D eigenvalue weighted by Crippen LogP contribution is 2.25. The lowest BCUT2D eigenvalue weighted by Crippen LogP contribution is -2.52. The first-order valence-corrected chi connectivity index (χ1v) is 13.6. The van der Waals surface area contributed by atoms with Crippen LogP contribution in [0.1, 0.15) is 5.56 Å². The minimum atomic E-state index is -3.98. The van der Waals surface area contributed by atoms with Gasteiger partial charge in [0.25, 0.3) is 0 Å². The van der Waals surface area contributed by atoms with E-state index in [1.165, 1.54) is 18.2 Å². The fraction of sp³-hybridized carbons (Fsp3) is 0.240. The molecule has 0 radical (unpaired) electrons. The zero-order chi connectivity index (χ0) is 25.0. The molecule has 1 saturated heterocycles. The fourth-order valence-corrected chi connectivity index (χ4v) is 5.78. The number of halogens is 3. The molecule has 1 aliphatic heterocycles. The monoisotopic (exact) mass is 579 g/mol. The molecule has 0 unspecified atom stereocenters. The van der Waals surface area contributed by atoms with Gasteiger partial charge in [0.05, 0.1) is 17.1 Å². The minimum Gasteiger partial charge on any atom is -0.366 e. The molecule has 0 aromatic heterocycles. The zero-order valence-corrected chi connectivity index (χ0v) is 21.9. The van der Waals surface area contributed by atoms with E-state index in [1.807, 2.05) is 4.90 Å². The molecule has 0 aliphatic carbocycles. The third-order valence-electron chi connectivity index (χ3n) is 5.89. The van der Waals surface area contributed by atoms with Gasteiger partial charge in [-0.2, -0.15) is 4.31 Å². The van der Waals surface area contributed by atoms with Crippen molar-refractivity contribution in [2.45, 2.75) is 11.4 Å². The van der Waals surface area contributed by atoms with Gasteiger partial charge in [-0.1, -0.05) is 57.9 Å². The van der Waals surface area contributed by atoms with Crippen molar-refractivity contribution in [3.63, 3.8) is 0 Å². The smallest absolute Gasteiger partial charge is 0.243 e. The number of hydrogen-bond acceptors (Lipinski definition) is 4. The van der Waals surface area contributed by atoms with Gasteiger partial charge < -0.3 is 9.80 Å². The van der Waals surface area contributed by atoms with Crippen LogP contribution in [0.2, 0.25) is 5.02 Å². The number of carbonyl (C=O) groups is 1. The Morgan fingerprint density at radius 1 is 0.943 bits per heavy atom. The number of para-hydroxylation sites is 1. The summed E-state index contributed by atoms with van der Waals surface area (Å²) < 4.78 is 43.1. The van der Waals surface area contributed by atoms with Crippen molar-refractivity contribution in [2.24, 2.45) is 0 Å². The lowest BCUT2D eigenvalue weighted by molar-refractivity contribution is -0.131. The van der Waals surface area contributed by atoms with E-state index in [0.717, 1.165) is 8.78 Å². The summed E-state index contributed by atoms with van der Waals surface area (Å²) in [5, 5.41) is 0.425. The van der Waals surface area contributed by atoms with Gasteiger partial charge >= 0.3 is 0 Å². The van der Waals surface area contributed by atoms with E-state index in [-0.39, 0.29) is 29.7 Å². The number of sulfonamides is 1. The number of piperazine rings is 1. The highest BCUT2D eigenvalue weighted by atomic mass is 79.9. The topological polar surface area (TPSA) is 60.9 Å². The van der Waals surface area contributed by atoms with Crippen LogP contribution in [-0.2, 0) is 21.4 Å². The van der Waals surface area contributed by atoms with Crippen LogP contribution in [0.3, 0.4) is 0 Å². The number of anilines is 1. The van der Waals surface area contributed by atoms with Gasteiger partial charge in [-0.25, -0.2) is 12.8 Å². The van der Waals surface area contributed by atoms with Gasteiger partial charge in [0.2, 0.25) is 15.9 Å². The third kappa shape index (κ3) is 6.03. The summed E-state index contributed by atoms with van der Waals surface area (Å²) in [6.07, 6.45) is 0. The van der Waals surface area contributed by atoms with Crippen molar-refractivity contribution in [1.29, 1.82) is 0 Å². The summed E-state index contributed by atoms with van der Waals surface area (Å²) in [5.74, 6) is -0.621. The van der Waals surface area contributed by atoms with Crippen LogP contribution >= 0.6 is 27.5 Å². The maximum atomic E-state index is 14.1. The molecule has 35 heavy (non-hydrogen) atoms. The zero-order valence-electron chi connectivity index (χ0n) is 18.8. The highest BCUT2D eigenvalue weighted by molar-refractivity contribution is 9.10. The molecule has 4 rings (SSSR count). The number of carbonyl (C=O) groups excluding carboxylic acids is 1. The number of rotatable bonds is 7. The minimum absolute atomic E-state index is 0.0427. The average Bonchev–Trinajstić information content (AvgIpc) is 2.85. The summed E-state index contributed by atoms with van der Waals surface area (Å²) in [6, 6.07) is 19.8. The van der Waals surface area contributed by atoms with Crippen LogP contribution < -0.4 is 4.90 Å². The van der Waals surface area contributed by atoms with Crippen molar-refractivity contribution in [1.82, 2.24) is 9.21 Å². The van der Waals surface area contributed by atoms with Gasteiger partial charge in [0, 0.05) is 42.2 Å². The Labute approximate surface area is 218 Å². The molecule has 1 aliphatic rings. The second-order valence-electron chi connectivity index (χ2n) is 8.14. The molecule has 0 atom stereocenters. The Balaban J connectivity index is 1.52. The summed E-state index contributed by atoms with van der Waals surface area (Å²) in [5.41, 5.74) is 1.10. The molecular formula is C25H24BrClFN3O3S. The predicted molar refractivity (Wildman–Crippen MR) is 138 cm³/mol. The highest BCUT2D eigenvalue weighted by Gasteiger charge is 2.30. The van der Waals surface area contributed by atoms with Gasteiger partial charge in [-0.05, 0) is 48.0 Å². The van der Waals surface area contributed by atoms with Crippen molar-refractivity contribution < 1.29 is 17.6 Å². The second-order valence-corrected chi connectivity index (χ2v) is 11.4. The lowest BCUT2D eigenvalue weighted by atomic mass is 10.2. The maximum Gasteiger partial charge on any atom is 0.243 e. The Morgan fingerprint density at radius 2 is 1.57 bits per heavy atom. The Bertz CT molecular complexity index is 1300. The average molecular weight is 581 g/mol. The molecule has 3 aromatic rings. The quantitative estimate of drug-likeness (QED) is 0.404.